The fraction of sp³-hybridized carbons (Fsp3) is 0.833. The normalized spacial score (nSPS) is 20.9. The predicted molar refractivity (Wildman–Crippen MR) is 70.1 cm³/mol. The van der Waals surface area contributed by atoms with Crippen LogP contribution in [0.5, 0.6) is 0 Å². The summed E-state index contributed by atoms with van der Waals surface area (Å²) in [5.74, 6) is -1.04. The molecule has 7 nitrogen and oxygen atoms in total. The van der Waals surface area contributed by atoms with Gasteiger partial charge in [-0.2, -0.15) is 0 Å². The number of hydrogen-bond donors (Lipinski definition) is 2. The molecule has 1 aliphatic heterocycles. The molecule has 19 heavy (non-hydrogen) atoms. The molecule has 0 aromatic carbocycles. The molecule has 1 fully saturated rings. The van der Waals surface area contributed by atoms with Crippen LogP contribution in [0.4, 0.5) is 4.79 Å². The first-order chi connectivity index (χ1) is 8.75. The summed E-state index contributed by atoms with van der Waals surface area (Å²) in [4.78, 5) is 26.3. The summed E-state index contributed by atoms with van der Waals surface area (Å²) < 4.78 is 5.52. The van der Waals surface area contributed by atoms with Crippen LogP contribution in [0.3, 0.4) is 0 Å². The largest absolute Gasteiger partial charge is 0.480 e. The first-order valence-corrected chi connectivity index (χ1v) is 6.30. The maximum atomic E-state index is 11.9. The number of rotatable bonds is 4. The molecule has 110 valence electrons. The van der Waals surface area contributed by atoms with E-state index < -0.39 is 17.5 Å². The van der Waals surface area contributed by atoms with E-state index >= 15 is 0 Å². The number of nitrogens with one attached hydrogen (secondary N) is 1. The van der Waals surface area contributed by atoms with Gasteiger partial charge in [0.15, 0.2) is 0 Å². The molecule has 1 unspecified atom stereocenters. The number of nitrogens with zero attached hydrogens (tertiary/aromatic N) is 2. The second kappa shape index (κ2) is 6.21. The van der Waals surface area contributed by atoms with Gasteiger partial charge in [-0.1, -0.05) is 0 Å². The molecule has 0 bridgehead atoms. The van der Waals surface area contributed by atoms with Crippen molar-refractivity contribution in [1.29, 1.82) is 0 Å². The highest BCUT2D eigenvalue weighted by atomic mass is 16.5. The molecule has 1 aliphatic rings. The van der Waals surface area contributed by atoms with Crippen molar-refractivity contribution in [1.82, 2.24) is 15.1 Å². The second-order valence-electron chi connectivity index (χ2n) is 5.36. The van der Waals surface area contributed by atoms with Gasteiger partial charge in [-0.15, -0.1) is 0 Å². The third kappa shape index (κ3) is 4.07. The number of carboxylic acids is 1. The fourth-order valence-corrected chi connectivity index (χ4v) is 1.71. The van der Waals surface area contributed by atoms with Crippen LogP contribution >= 0.6 is 0 Å². The zero-order chi connectivity index (χ0) is 14.6. The third-order valence-electron chi connectivity index (χ3n) is 3.49. The van der Waals surface area contributed by atoms with E-state index in [9.17, 15) is 9.59 Å². The predicted octanol–water partition coefficient (Wildman–Crippen LogP) is -0.178. The molecule has 0 aromatic heterocycles. The molecule has 7 heteroatoms. The standard InChI is InChI=1S/C12H23N3O4/c1-12(2,10(16)17)15(4)11(18)13-7-9-8-14(3)5-6-19-9/h9H,5-8H2,1-4H3,(H,13,18)(H,16,17). The van der Waals surface area contributed by atoms with Crippen molar-refractivity contribution in [3.05, 3.63) is 0 Å². The quantitative estimate of drug-likeness (QED) is 0.742. The molecule has 0 spiro atoms. The second-order valence-corrected chi connectivity index (χ2v) is 5.36. The van der Waals surface area contributed by atoms with Crippen molar-refractivity contribution >= 4 is 12.0 Å². The molecular formula is C12H23N3O4. The number of carbonyl (C=O) groups excluding carboxylic acids is 1. The minimum absolute atomic E-state index is 0.0518. The number of hydrogen-bond acceptors (Lipinski definition) is 4. The van der Waals surface area contributed by atoms with E-state index in [-0.39, 0.29) is 6.10 Å². The smallest absolute Gasteiger partial charge is 0.329 e. The number of ether oxygens (including phenoxy) is 1. The minimum Gasteiger partial charge on any atom is -0.480 e. The van der Waals surface area contributed by atoms with E-state index in [4.69, 9.17) is 9.84 Å². The lowest BCUT2D eigenvalue weighted by molar-refractivity contribution is -0.146. The molecule has 0 aromatic rings. The summed E-state index contributed by atoms with van der Waals surface area (Å²) in [5.41, 5.74) is -1.24. The highest BCUT2D eigenvalue weighted by molar-refractivity contribution is 5.85. The van der Waals surface area contributed by atoms with Crippen LogP contribution < -0.4 is 5.32 Å². The Morgan fingerprint density at radius 3 is 2.68 bits per heavy atom. The number of aliphatic carboxylic acids is 1. The Morgan fingerprint density at radius 2 is 2.16 bits per heavy atom. The van der Waals surface area contributed by atoms with Crippen LogP contribution in [0.1, 0.15) is 13.8 Å². The highest BCUT2D eigenvalue weighted by Crippen LogP contribution is 2.12. The number of carboxylic acid groups (broad SMARTS) is 1. The molecule has 2 N–H and O–H groups in total. The Bertz CT molecular complexity index is 346. The van der Waals surface area contributed by atoms with Gasteiger partial charge in [-0.25, -0.2) is 9.59 Å². The van der Waals surface area contributed by atoms with Gasteiger partial charge in [0.1, 0.15) is 5.54 Å². The molecule has 1 saturated heterocycles. The van der Waals surface area contributed by atoms with Gasteiger partial charge in [-0.05, 0) is 20.9 Å². The lowest BCUT2D eigenvalue weighted by Gasteiger charge is -2.33. The molecular weight excluding hydrogens is 250 g/mol. The Morgan fingerprint density at radius 1 is 1.53 bits per heavy atom. The van der Waals surface area contributed by atoms with E-state index in [1.807, 2.05) is 7.05 Å². The topological polar surface area (TPSA) is 82.1 Å². The van der Waals surface area contributed by atoms with Crippen molar-refractivity contribution in [2.24, 2.45) is 0 Å². The van der Waals surface area contributed by atoms with Gasteiger partial charge < -0.3 is 25.0 Å². The third-order valence-corrected chi connectivity index (χ3v) is 3.49. The summed E-state index contributed by atoms with van der Waals surface area (Å²) in [5, 5.41) is 11.8. The Balaban J connectivity index is 2.44. The first kappa shape index (κ1) is 15.7. The summed E-state index contributed by atoms with van der Waals surface area (Å²) in [7, 11) is 3.47. The van der Waals surface area contributed by atoms with E-state index in [1.165, 1.54) is 25.8 Å². The van der Waals surface area contributed by atoms with Crippen LogP contribution in [0.15, 0.2) is 0 Å². The SMILES string of the molecule is CN1CCOC(CNC(=O)N(C)C(C)(C)C(=O)O)C1. The molecule has 2 amide bonds. The Labute approximate surface area is 113 Å². The average molecular weight is 273 g/mol. The fourth-order valence-electron chi connectivity index (χ4n) is 1.71. The van der Waals surface area contributed by atoms with Crippen molar-refractivity contribution in [2.45, 2.75) is 25.5 Å². The number of amides is 2. The van der Waals surface area contributed by atoms with Crippen LogP contribution in [0.25, 0.3) is 0 Å². The monoisotopic (exact) mass is 273 g/mol. The number of morpholine rings is 1. The average Bonchev–Trinajstić information content (AvgIpc) is 2.34. The summed E-state index contributed by atoms with van der Waals surface area (Å²) in [6.45, 7) is 5.64. The summed E-state index contributed by atoms with van der Waals surface area (Å²) >= 11 is 0. The Hall–Kier alpha value is -1.34. The van der Waals surface area contributed by atoms with Crippen molar-refractivity contribution < 1.29 is 19.4 Å². The van der Waals surface area contributed by atoms with Crippen molar-refractivity contribution in [3.8, 4) is 0 Å². The number of carbonyl (C=O) groups is 2. The van der Waals surface area contributed by atoms with E-state index in [2.05, 4.69) is 10.2 Å². The van der Waals surface area contributed by atoms with E-state index in [0.29, 0.717) is 13.2 Å². The molecule has 0 radical (unpaired) electrons. The lowest BCUT2D eigenvalue weighted by atomic mass is 10.1. The maximum Gasteiger partial charge on any atom is 0.329 e. The van der Waals surface area contributed by atoms with Crippen LogP contribution in [0, 0.1) is 0 Å². The van der Waals surface area contributed by atoms with Gasteiger partial charge in [-0.3, -0.25) is 0 Å². The van der Waals surface area contributed by atoms with Crippen molar-refractivity contribution in [2.75, 3.05) is 40.3 Å². The highest BCUT2D eigenvalue weighted by Gasteiger charge is 2.35. The van der Waals surface area contributed by atoms with Crippen molar-refractivity contribution in [3.63, 3.8) is 0 Å². The molecule has 1 atom stereocenters. The Kier molecular flexibility index (Phi) is 5.13. The molecule has 1 rings (SSSR count). The van der Waals surface area contributed by atoms with E-state index in [1.54, 1.807) is 0 Å². The number of likely N-dealkylation sites (N-methyl/N-ethyl adjacent to an activating group) is 2. The van der Waals surface area contributed by atoms with Gasteiger partial charge in [0.25, 0.3) is 0 Å². The maximum absolute atomic E-state index is 11.9. The minimum atomic E-state index is -1.24. The van der Waals surface area contributed by atoms with Gasteiger partial charge in [0.05, 0.1) is 12.7 Å². The summed E-state index contributed by atoms with van der Waals surface area (Å²) in [6.07, 6.45) is -0.0518. The van der Waals surface area contributed by atoms with Gasteiger partial charge >= 0.3 is 12.0 Å². The zero-order valence-corrected chi connectivity index (χ0v) is 12.0. The van der Waals surface area contributed by atoms with Crippen LogP contribution in [-0.2, 0) is 9.53 Å². The molecule has 1 heterocycles. The first-order valence-electron chi connectivity index (χ1n) is 6.30. The molecule has 0 aliphatic carbocycles. The van der Waals surface area contributed by atoms with Gasteiger partial charge in [0.2, 0.25) is 0 Å². The summed E-state index contributed by atoms with van der Waals surface area (Å²) in [6, 6.07) is -0.413. The van der Waals surface area contributed by atoms with Crippen LogP contribution in [0.2, 0.25) is 0 Å². The van der Waals surface area contributed by atoms with Gasteiger partial charge in [0, 0.05) is 26.7 Å². The van der Waals surface area contributed by atoms with Crippen LogP contribution in [-0.4, -0.2) is 78.9 Å². The number of urea groups is 1. The lowest BCUT2D eigenvalue weighted by Crippen LogP contribution is -2.55. The van der Waals surface area contributed by atoms with E-state index in [0.717, 1.165) is 13.1 Å². The zero-order valence-electron chi connectivity index (χ0n) is 12.0. The molecule has 0 saturated carbocycles.